The molecule has 0 radical (unpaired) electrons. The zero-order chi connectivity index (χ0) is 31.4. The van der Waals surface area contributed by atoms with Gasteiger partial charge >= 0.3 is 6.09 Å². The van der Waals surface area contributed by atoms with Crippen molar-refractivity contribution in [3.05, 3.63) is 84.4 Å². The van der Waals surface area contributed by atoms with Crippen LogP contribution in [0.4, 0.5) is 16.2 Å². The minimum Gasteiger partial charge on any atom is -0.446 e. The van der Waals surface area contributed by atoms with Gasteiger partial charge in [0.15, 0.2) is 5.78 Å². The maximum Gasteiger partial charge on any atom is 0.411 e. The maximum absolute atomic E-state index is 12.8. The molecule has 2 aliphatic heterocycles. The van der Waals surface area contributed by atoms with E-state index in [1.807, 2.05) is 59.5 Å². The molecule has 10 heteroatoms. The summed E-state index contributed by atoms with van der Waals surface area (Å²) in [5.74, 6) is -0.166. The van der Waals surface area contributed by atoms with Crippen molar-refractivity contribution < 1.29 is 24.2 Å². The molecule has 3 aromatic carbocycles. The fourth-order valence-corrected chi connectivity index (χ4v) is 5.80. The van der Waals surface area contributed by atoms with Gasteiger partial charge < -0.3 is 25.4 Å². The molecule has 2 fully saturated rings. The number of nitrogens with one attached hydrogen (secondary N) is 3. The van der Waals surface area contributed by atoms with Gasteiger partial charge in [0.1, 0.15) is 6.10 Å². The summed E-state index contributed by atoms with van der Waals surface area (Å²) < 4.78 is 5.74. The van der Waals surface area contributed by atoms with Gasteiger partial charge in [-0.25, -0.2) is 4.79 Å². The largest absolute Gasteiger partial charge is 0.446 e. The summed E-state index contributed by atoms with van der Waals surface area (Å²) in [4.78, 5) is 42.3. The lowest BCUT2D eigenvalue weighted by Crippen LogP contribution is -2.42. The predicted molar refractivity (Wildman–Crippen MR) is 175 cm³/mol. The van der Waals surface area contributed by atoms with Gasteiger partial charge in [-0.15, -0.1) is 0 Å². The van der Waals surface area contributed by atoms with E-state index >= 15 is 0 Å². The lowest BCUT2D eigenvalue weighted by Gasteiger charge is -2.31. The van der Waals surface area contributed by atoms with Crippen molar-refractivity contribution >= 4 is 29.2 Å². The molecule has 10 nitrogen and oxygen atoms in total. The van der Waals surface area contributed by atoms with Gasteiger partial charge in [0.05, 0.1) is 24.9 Å². The number of benzene rings is 3. The molecule has 2 amide bonds. The highest BCUT2D eigenvalue weighted by Crippen LogP contribution is 2.28. The molecule has 0 bridgehead atoms. The van der Waals surface area contributed by atoms with E-state index in [0.717, 1.165) is 49.3 Å². The quantitative estimate of drug-likeness (QED) is 0.177. The van der Waals surface area contributed by atoms with Crippen LogP contribution in [0, 0.1) is 0 Å². The summed E-state index contributed by atoms with van der Waals surface area (Å²) in [6.07, 6.45) is 2.02. The number of ether oxygens (including phenoxy) is 1. The van der Waals surface area contributed by atoms with Crippen LogP contribution in [-0.2, 0) is 9.53 Å². The smallest absolute Gasteiger partial charge is 0.411 e. The Balaban J connectivity index is 0.975. The van der Waals surface area contributed by atoms with Crippen LogP contribution in [0.25, 0.3) is 11.1 Å². The molecule has 2 heterocycles. The van der Waals surface area contributed by atoms with Crippen molar-refractivity contribution in [3.63, 3.8) is 0 Å². The first-order chi connectivity index (χ1) is 21.9. The number of nitrogens with zero attached hydrogens (tertiary/aromatic N) is 2. The van der Waals surface area contributed by atoms with E-state index in [-0.39, 0.29) is 37.0 Å². The fraction of sp³-hybridized carbons (Fsp3) is 0.400. The van der Waals surface area contributed by atoms with Gasteiger partial charge in [-0.2, -0.15) is 0 Å². The summed E-state index contributed by atoms with van der Waals surface area (Å²) in [5.41, 5.74) is 3.84. The average Bonchev–Trinajstić information content (AvgIpc) is 3.05. The molecule has 0 atom stereocenters. The molecule has 45 heavy (non-hydrogen) atoms. The summed E-state index contributed by atoms with van der Waals surface area (Å²) in [6, 6.07) is 24.7. The van der Waals surface area contributed by atoms with Gasteiger partial charge in [-0.05, 0) is 49.4 Å². The summed E-state index contributed by atoms with van der Waals surface area (Å²) in [7, 11) is 0. The monoisotopic (exact) mass is 613 g/mol. The first kappa shape index (κ1) is 32.3. The van der Waals surface area contributed by atoms with Gasteiger partial charge in [0.25, 0.3) is 0 Å². The molecule has 0 aromatic heterocycles. The van der Waals surface area contributed by atoms with Crippen LogP contribution in [0.15, 0.2) is 78.9 Å². The number of rotatable bonds is 12. The molecule has 2 aliphatic rings. The number of para-hydroxylation sites is 1. The van der Waals surface area contributed by atoms with Crippen LogP contribution in [0.5, 0.6) is 0 Å². The molecule has 238 valence electrons. The highest BCUT2D eigenvalue weighted by atomic mass is 16.6. The third-order valence-electron chi connectivity index (χ3n) is 8.34. The Morgan fingerprint density at radius 2 is 1.51 bits per heavy atom. The van der Waals surface area contributed by atoms with Gasteiger partial charge in [0.2, 0.25) is 5.91 Å². The van der Waals surface area contributed by atoms with Crippen LogP contribution in [-0.4, -0.2) is 97.3 Å². The maximum atomic E-state index is 12.8. The standard InChI is InChI=1S/C35H43N5O5/c41-29-13-18-40(19-14-29)25-34(43)37-28-10-6-9-27(23-28)33(42)24-36-17-22-39-20-15-30(16-21-39)45-35(44)38-32-12-5-4-11-31(32)26-7-2-1-3-8-26/h1-12,23,29-30,36,41H,13-22,24-25H2,(H,37,43)(H,38,44). The lowest BCUT2D eigenvalue weighted by atomic mass is 10.0. The van der Waals surface area contributed by atoms with Crippen molar-refractivity contribution in [1.82, 2.24) is 15.1 Å². The van der Waals surface area contributed by atoms with Gasteiger partial charge in [-0.3, -0.25) is 19.8 Å². The second-order valence-electron chi connectivity index (χ2n) is 11.7. The molecule has 0 unspecified atom stereocenters. The van der Waals surface area contributed by atoms with Crippen molar-refractivity contribution in [2.24, 2.45) is 0 Å². The highest BCUT2D eigenvalue weighted by molar-refractivity contribution is 6.00. The predicted octanol–water partition coefficient (Wildman–Crippen LogP) is 4.23. The number of carbonyl (C=O) groups is 3. The molecular formula is C35H43N5O5. The number of aliphatic hydroxyl groups is 1. The van der Waals surface area contributed by atoms with Gasteiger partial charge in [-0.1, -0.05) is 60.7 Å². The van der Waals surface area contributed by atoms with Crippen molar-refractivity contribution in [2.75, 3.05) is 63.0 Å². The van der Waals surface area contributed by atoms with E-state index in [9.17, 15) is 19.5 Å². The molecule has 0 aliphatic carbocycles. The van der Waals surface area contributed by atoms with Gasteiger partial charge in [0, 0.05) is 56.1 Å². The summed E-state index contributed by atoms with van der Waals surface area (Å²) in [6.45, 7) is 4.96. The normalized spacial score (nSPS) is 16.6. The molecule has 4 N–H and O–H groups in total. The fourth-order valence-electron chi connectivity index (χ4n) is 5.80. The zero-order valence-electron chi connectivity index (χ0n) is 25.6. The minimum atomic E-state index is -0.441. The Hall–Kier alpha value is -4.09. The Labute approximate surface area is 264 Å². The second kappa shape index (κ2) is 16.3. The number of piperidine rings is 2. The molecule has 2 saturated heterocycles. The highest BCUT2D eigenvalue weighted by Gasteiger charge is 2.23. The molecule has 3 aromatic rings. The first-order valence-corrected chi connectivity index (χ1v) is 15.8. The third-order valence-corrected chi connectivity index (χ3v) is 8.34. The topological polar surface area (TPSA) is 123 Å². The molecule has 0 spiro atoms. The molecular weight excluding hydrogens is 570 g/mol. The third kappa shape index (κ3) is 9.95. The van der Waals surface area contributed by atoms with Crippen LogP contribution in [0.1, 0.15) is 36.0 Å². The number of carbonyl (C=O) groups excluding carboxylic acids is 3. The number of ketones is 1. The number of likely N-dealkylation sites (tertiary alicyclic amines) is 2. The van der Waals surface area contributed by atoms with E-state index in [1.165, 1.54) is 0 Å². The molecule has 0 saturated carbocycles. The van der Waals surface area contributed by atoms with E-state index < -0.39 is 6.09 Å². The average molecular weight is 614 g/mol. The summed E-state index contributed by atoms with van der Waals surface area (Å²) in [5, 5.41) is 18.7. The lowest BCUT2D eigenvalue weighted by molar-refractivity contribution is -0.117. The molecule has 5 rings (SSSR count). The Morgan fingerprint density at radius 3 is 2.29 bits per heavy atom. The minimum absolute atomic E-state index is 0.0388. The zero-order valence-corrected chi connectivity index (χ0v) is 25.6. The Bertz CT molecular complexity index is 1420. The van der Waals surface area contributed by atoms with E-state index in [0.29, 0.717) is 43.7 Å². The van der Waals surface area contributed by atoms with Crippen molar-refractivity contribution in [2.45, 2.75) is 37.9 Å². The number of hydrogen-bond donors (Lipinski definition) is 4. The number of Topliss-reactive ketones (excluding diaryl/α,β-unsaturated/α-hetero) is 1. The van der Waals surface area contributed by atoms with E-state index in [4.69, 9.17) is 4.74 Å². The SMILES string of the molecule is O=C(CN1CCC(O)CC1)Nc1cccc(C(=O)CNCCN2CCC(OC(=O)Nc3ccccc3-c3ccccc3)CC2)c1. The Kier molecular flexibility index (Phi) is 11.7. The van der Waals surface area contributed by atoms with Crippen LogP contribution in [0.3, 0.4) is 0 Å². The first-order valence-electron chi connectivity index (χ1n) is 15.8. The number of amides is 2. The van der Waals surface area contributed by atoms with Crippen molar-refractivity contribution in [3.8, 4) is 11.1 Å². The van der Waals surface area contributed by atoms with Crippen LogP contribution in [0.2, 0.25) is 0 Å². The number of aliphatic hydroxyl groups excluding tert-OH is 1. The van der Waals surface area contributed by atoms with Crippen LogP contribution >= 0.6 is 0 Å². The van der Waals surface area contributed by atoms with Crippen molar-refractivity contribution in [1.29, 1.82) is 0 Å². The Morgan fingerprint density at radius 1 is 0.800 bits per heavy atom. The van der Waals surface area contributed by atoms with E-state index in [2.05, 4.69) is 20.9 Å². The number of hydrogen-bond acceptors (Lipinski definition) is 8. The number of anilines is 2. The second-order valence-corrected chi connectivity index (χ2v) is 11.7. The van der Waals surface area contributed by atoms with E-state index in [1.54, 1.807) is 24.3 Å². The van der Waals surface area contributed by atoms with Crippen LogP contribution < -0.4 is 16.0 Å². The summed E-state index contributed by atoms with van der Waals surface area (Å²) >= 11 is 0.